The van der Waals surface area contributed by atoms with E-state index >= 15 is 0 Å². The van der Waals surface area contributed by atoms with Crippen molar-refractivity contribution >= 4 is 17.6 Å². The van der Waals surface area contributed by atoms with Gasteiger partial charge in [0.1, 0.15) is 5.75 Å². The Kier molecular flexibility index (Phi) is 4.62. The van der Waals surface area contributed by atoms with Crippen LogP contribution in [-0.2, 0) is 9.53 Å². The van der Waals surface area contributed by atoms with E-state index in [-0.39, 0.29) is 30.1 Å². The quantitative estimate of drug-likeness (QED) is 0.908. The second-order valence-corrected chi connectivity index (χ2v) is 6.44. The number of amides is 3. The molecule has 0 saturated carbocycles. The van der Waals surface area contributed by atoms with E-state index in [1.54, 1.807) is 37.1 Å². The summed E-state index contributed by atoms with van der Waals surface area (Å²) in [6, 6.07) is 7.05. The molecule has 1 aromatic rings. The number of rotatable bonds is 3. The molecule has 130 valence electrons. The molecule has 7 nitrogen and oxygen atoms in total. The Morgan fingerprint density at radius 1 is 1.33 bits per heavy atom. The number of nitrogens with one attached hydrogen (secondary N) is 1. The molecule has 0 unspecified atom stereocenters. The molecule has 0 aliphatic carbocycles. The number of carbonyl (C=O) groups is 2. The van der Waals surface area contributed by atoms with Crippen LogP contribution in [0.25, 0.3) is 0 Å². The van der Waals surface area contributed by atoms with Crippen LogP contribution in [0.4, 0.5) is 10.5 Å². The van der Waals surface area contributed by atoms with Crippen LogP contribution in [0.5, 0.6) is 5.75 Å². The van der Waals surface area contributed by atoms with Gasteiger partial charge in [0.05, 0.1) is 25.2 Å². The maximum atomic E-state index is 12.5. The van der Waals surface area contributed by atoms with Crippen LogP contribution in [-0.4, -0.2) is 68.2 Å². The topological polar surface area (TPSA) is 71.1 Å². The summed E-state index contributed by atoms with van der Waals surface area (Å²) in [6.07, 6.45) is 0.369. The molecular weight excluding hydrogens is 310 g/mol. The number of anilines is 1. The fraction of sp³-hybridized carbons (Fsp3) is 0.529. The van der Waals surface area contributed by atoms with Gasteiger partial charge in [-0.05, 0) is 18.6 Å². The zero-order valence-corrected chi connectivity index (χ0v) is 14.2. The van der Waals surface area contributed by atoms with Gasteiger partial charge in [0.25, 0.3) is 0 Å². The van der Waals surface area contributed by atoms with E-state index in [0.717, 1.165) is 0 Å². The van der Waals surface area contributed by atoms with Gasteiger partial charge in [-0.15, -0.1) is 0 Å². The third-order valence-electron chi connectivity index (χ3n) is 4.52. The lowest BCUT2D eigenvalue weighted by Crippen LogP contribution is -2.49. The van der Waals surface area contributed by atoms with E-state index in [1.807, 2.05) is 18.2 Å². The molecule has 2 aliphatic heterocycles. The van der Waals surface area contributed by atoms with Crippen molar-refractivity contribution in [2.24, 2.45) is 5.92 Å². The highest BCUT2D eigenvalue weighted by molar-refractivity contribution is 5.90. The third kappa shape index (κ3) is 3.31. The van der Waals surface area contributed by atoms with Gasteiger partial charge in [-0.2, -0.15) is 0 Å². The van der Waals surface area contributed by atoms with E-state index in [2.05, 4.69) is 5.32 Å². The largest absolute Gasteiger partial charge is 0.497 e. The maximum Gasteiger partial charge on any atom is 0.322 e. The minimum Gasteiger partial charge on any atom is -0.497 e. The first kappa shape index (κ1) is 16.6. The van der Waals surface area contributed by atoms with Crippen LogP contribution in [0, 0.1) is 5.92 Å². The van der Waals surface area contributed by atoms with Gasteiger partial charge < -0.3 is 24.6 Å². The predicted octanol–water partition coefficient (Wildman–Crippen LogP) is 1.40. The molecule has 2 fully saturated rings. The van der Waals surface area contributed by atoms with Crippen molar-refractivity contribution in [3.05, 3.63) is 24.3 Å². The Bertz CT molecular complexity index is 634. The molecule has 3 atom stereocenters. The van der Waals surface area contributed by atoms with Crippen LogP contribution in [0.2, 0.25) is 0 Å². The Morgan fingerprint density at radius 3 is 2.83 bits per heavy atom. The van der Waals surface area contributed by atoms with Gasteiger partial charge in [-0.1, -0.05) is 6.07 Å². The summed E-state index contributed by atoms with van der Waals surface area (Å²) in [5, 5.41) is 2.88. The lowest BCUT2D eigenvalue weighted by atomic mass is 9.99. The van der Waals surface area contributed by atoms with Crippen LogP contribution < -0.4 is 10.1 Å². The summed E-state index contributed by atoms with van der Waals surface area (Å²) in [6.45, 7) is 0.931. The number of hydrogen-bond acceptors (Lipinski definition) is 4. The fourth-order valence-corrected chi connectivity index (χ4v) is 3.32. The molecule has 2 saturated heterocycles. The molecular formula is C17H23N3O4. The van der Waals surface area contributed by atoms with Crippen LogP contribution in [0.15, 0.2) is 24.3 Å². The molecule has 0 spiro atoms. The van der Waals surface area contributed by atoms with Gasteiger partial charge in [-0.25, -0.2) is 4.79 Å². The first-order valence-corrected chi connectivity index (χ1v) is 8.04. The maximum absolute atomic E-state index is 12.5. The molecule has 2 bridgehead atoms. The van der Waals surface area contributed by atoms with E-state index in [9.17, 15) is 9.59 Å². The van der Waals surface area contributed by atoms with E-state index in [1.165, 1.54) is 0 Å². The molecule has 24 heavy (non-hydrogen) atoms. The van der Waals surface area contributed by atoms with E-state index < -0.39 is 0 Å². The van der Waals surface area contributed by atoms with Crippen molar-refractivity contribution in [2.45, 2.75) is 18.6 Å². The number of morpholine rings is 1. The number of methoxy groups -OCH3 is 1. The summed E-state index contributed by atoms with van der Waals surface area (Å²) in [5.41, 5.74) is 0.680. The third-order valence-corrected chi connectivity index (χ3v) is 4.52. The van der Waals surface area contributed by atoms with E-state index in [0.29, 0.717) is 30.9 Å². The van der Waals surface area contributed by atoms with Crippen molar-refractivity contribution in [2.75, 3.05) is 39.6 Å². The summed E-state index contributed by atoms with van der Waals surface area (Å²) in [4.78, 5) is 28.1. The number of benzene rings is 1. The van der Waals surface area contributed by atoms with Crippen LogP contribution in [0.1, 0.15) is 6.42 Å². The van der Waals surface area contributed by atoms with E-state index in [4.69, 9.17) is 9.47 Å². The minimum absolute atomic E-state index is 0.0672. The molecule has 1 N–H and O–H groups in total. The summed E-state index contributed by atoms with van der Waals surface area (Å²) in [5.74, 6) is 0.587. The molecule has 1 aromatic carbocycles. The lowest BCUT2D eigenvalue weighted by molar-refractivity contribution is -0.135. The highest BCUT2D eigenvalue weighted by atomic mass is 16.5. The van der Waals surface area contributed by atoms with Crippen molar-refractivity contribution in [1.82, 2.24) is 9.80 Å². The zero-order valence-electron chi connectivity index (χ0n) is 14.2. The smallest absolute Gasteiger partial charge is 0.322 e. The average molecular weight is 333 g/mol. The van der Waals surface area contributed by atoms with Crippen LogP contribution >= 0.6 is 0 Å². The number of ether oxygens (including phenoxy) is 2. The molecule has 2 aliphatic rings. The Balaban J connectivity index is 1.64. The summed E-state index contributed by atoms with van der Waals surface area (Å²) >= 11 is 0. The van der Waals surface area contributed by atoms with Crippen molar-refractivity contribution in [3.63, 3.8) is 0 Å². The van der Waals surface area contributed by atoms with Gasteiger partial charge >= 0.3 is 6.03 Å². The lowest BCUT2D eigenvalue weighted by Gasteiger charge is -2.33. The summed E-state index contributed by atoms with van der Waals surface area (Å²) in [7, 11) is 5.08. The molecule has 2 heterocycles. The molecule has 3 amide bonds. The molecule has 0 radical (unpaired) electrons. The van der Waals surface area contributed by atoms with Gasteiger partial charge in [0.2, 0.25) is 5.91 Å². The van der Waals surface area contributed by atoms with Gasteiger partial charge in [0.15, 0.2) is 0 Å². The van der Waals surface area contributed by atoms with Crippen molar-refractivity contribution in [1.29, 1.82) is 0 Å². The highest BCUT2D eigenvalue weighted by Gasteiger charge is 2.46. The fourth-order valence-electron chi connectivity index (χ4n) is 3.32. The predicted molar refractivity (Wildman–Crippen MR) is 89.0 cm³/mol. The number of carbonyl (C=O) groups excluding carboxylic acids is 2. The van der Waals surface area contributed by atoms with Crippen LogP contribution in [0.3, 0.4) is 0 Å². The average Bonchev–Trinajstić information content (AvgIpc) is 2.87. The van der Waals surface area contributed by atoms with Crippen molar-refractivity contribution in [3.8, 4) is 5.75 Å². The standard InChI is InChI=1S/C17H23N3O4/c1-19(2)16(21)14-8-13-9-20(10-15(14)24-13)17(22)18-11-5-4-6-12(7-11)23-3/h4-7,13-15H,8-10H2,1-3H3,(H,18,22)/t13-,14-,15-/m1/s1. The number of nitrogens with zero attached hydrogens (tertiary/aromatic N) is 2. The first-order chi connectivity index (χ1) is 11.5. The molecule has 0 aromatic heterocycles. The Hall–Kier alpha value is -2.28. The first-order valence-electron chi connectivity index (χ1n) is 8.04. The highest BCUT2D eigenvalue weighted by Crippen LogP contribution is 2.33. The number of fused-ring (bicyclic) bond motifs is 2. The Labute approximate surface area is 141 Å². The Morgan fingerprint density at radius 2 is 2.12 bits per heavy atom. The zero-order chi connectivity index (χ0) is 17.3. The molecule has 3 rings (SSSR count). The van der Waals surface area contributed by atoms with Gasteiger partial charge in [-0.3, -0.25) is 4.79 Å². The number of likely N-dealkylation sites (tertiary alicyclic amines) is 1. The SMILES string of the molecule is COc1cccc(NC(=O)N2C[C@H]3C[C@@H](C(=O)N(C)C)[C@@H](C2)O3)c1. The normalized spacial score (nSPS) is 25.3. The summed E-state index contributed by atoms with van der Waals surface area (Å²) < 4.78 is 11.0. The number of urea groups is 1. The second kappa shape index (κ2) is 6.68. The molecule has 7 heteroatoms. The number of hydrogen-bond donors (Lipinski definition) is 1. The van der Waals surface area contributed by atoms with Gasteiger partial charge in [0, 0.05) is 38.9 Å². The van der Waals surface area contributed by atoms with Crippen molar-refractivity contribution < 1.29 is 19.1 Å². The minimum atomic E-state index is -0.227. The monoisotopic (exact) mass is 333 g/mol. The second-order valence-electron chi connectivity index (χ2n) is 6.44.